The highest BCUT2D eigenvalue weighted by Gasteiger charge is 2.33. The van der Waals surface area contributed by atoms with Gasteiger partial charge in [-0.25, -0.2) is 4.79 Å². The van der Waals surface area contributed by atoms with Gasteiger partial charge in [0.25, 0.3) is 0 Å². The number of carboxylic acids is 1. The fraction of sp³-hybridized carbons (Fsp3) is 0.857. The predicted molar refractivity (Wildman–Crippen MR) is 73.4 cm³/mol. The Kier molecular flexibility index (Phi) is 5.23. The molecular weight excluding hydrogens is 260 g/mol. The Morgan fingerprint density at radius 1 is 1.30 bits per heavy atom. The number of hydrogen-bond donors (Lipinski definition) is 3. The highest BCUT2D eigenvalue weighted by Crippen LogP contribution is 2.31. The standard InChI is InChI=1S/C14H24N2O4/c1-9-7-11(5-6-20-9)16-14(19)15-8-10-3-2-4-12(10)13(17)18/h9-12H,2-8H2,1H3,(H,17,18)(H2,15,16,19). The van der Waals surface area contributed by atoms with E-state index in [-0.39, 0.29) is 30.0 Å². The second-order valence-electron chi connectivity index (χ2n) is 5.89. The lowest BCUT2D eigenvalue weighted by Crippen LogP contribution is -2.47. The maximum Gasteiger partial charge on any atom is 0.315 e. The number of rotatable bonds is 4. The number of urea groups is 1. The van der Waals surface area contributed by atoms with Crippen molar-refractivity contribution < 1.29 is 19.4 Å². The summed E-state index contributed by atoms with van der Waals surface area (Å²) in [6, 6.07) is -0.0438. The molecule has 2 aliphatic rings. The molecule has 0 aromatic rings. The van der Waals surface area contributed by atoms with Crippen LogP contribution in [0.2, 0.25) is 0 Å². The molecule has 2 fully saturated rings. The molecule has 114 valence electrons. The molecule has 2 rings (SSSR count). The van der Waals surface area contributed by atoms with Gasteiger partial charge in [0.05, 0.1) is 12.0 Å². The van der Waals surface area contributed by atoms with Gasteiger partial charge in [-0.05, 0) is 38.5 Å². The number of aliphatic carboxylic acids is 1. The van der Waals surface area contributed by atoms with Crippen molar-refractivity contribution in [1.29, 1.82) is 0 Å². The quantitative estimate of drug-likeness (QED) is 0.727. The Balaban J connectivity index is 1.70. The molecule has 1 saturated heterocycles. The Bertz CT molecular complexity index is 361. The van der Waals surface area contributed by atoms with E-state index >= 15 is 0 Å². The van der Waals surface area contributed by atoms with Gasteiger partial charge in [-0.15, -0.1) is 0 Å². The molecule has 1 aliphatic carbocycles. The van der Waals surface area contributed by atoms with Gasteiger partial charge < -0.3 is 20.5 Å². The molecule has 0 aromatic carbocycles. The molecule has 2 amide bonds. The van der Waals surface area contributed by atoms with Gasteiger partial charge in [0, 0.05) is 19.2 Å². The van der Waals surface area contributed by atoms with Crippen molar-refractivity contribution in [2.45, 2.75) is 51.2 Å². The Morgan fingerprint density at radius 2 is 2.10 bits per heavy atom. The molecule has 1 heterocycles. The second-order valence-corrected chi connectivity index (χ2v) is 5.89. The topological polar surface area (TPSA) is 87.7 Å². The van der Waals surface area contributed by atoms with Gasteiger partial charge in [0.15, 0.2) is 0 Å². The fourth-order valence-corrected chi connectivity index (χ4v) is 3.20. The van der Waals surface area contributed by atoms with Crippen LogP contribution in [0.5, 0.6) is 0 Å². The summed E-state index contributed by atoms with van der Waals surface area (Å²) >= 11 is 0. The molecule has 4 atom stereocenters. The molecule has 6 heteroatoms. The first-order valence-electron chi connectivity index (χ1n) is 7.45. The minimum absolute atomic E-state index is 0.0619. The highest BCUT2D eigenvalue weighted by atomic mass is 16.5. The van der Waals surface area contributed by atoms with Crippen LogP contribution in [0.25, 0.3) is 0 Å². The third-order valence-electron chi connectivity index (χ3n) is 4.32. The summed E-state index contributed by atoms with van der Waals surface area (Å²) in [4.78, 5) is 22.9. The van der Waals surface area contributed by atoms with E-state index in [4.69, 9.17) is 9.84 Å². The average Bonchev–Trinajstić information content (AvgIpc) is 2.85. The summed E-state index contributed by atoms with van der Waals surface area (Å²) in [5, 5.41) is 14.9. The van der Waals surface area contributed by atoms with Gasteiger partial charge in [-0.3, -0.25) is 4.79 Å². The first kappa shape index (κ1) is 15.1. The Hall–Kier alpha value is -1.30. The van der Waals surface area contributed by atoms with E-state index in [0.29, 0.717) is 13.2 Å². The minimum atomic E-state index is -0.743. The number of carbonyl (C=O) groups excluding carboxylic acids is 1. The summed E-state index contributed by atoms with van der Waals surface area (Å²) in [5.41, 5.74) is 0. The van der Waals surface area contributed by atoms with Crippen molar-refractivity contribution in [3.63, 3.8) is 0 Å². The number of carbonyl (C=O) groups is 2. The van der Waals surface area contributed by atoms with Crippen LogP contribution in [-0.2, 0) is 9.53 Å². The van der Waals surface area contributed by atoms with Crippen LogP contribution < -0.4 is 10.6 Å². The zero-order chi connectivity index (χ0) is 14.5. The van der Waals surface area contributed by atoms with Crippen molar-refractivity contribution in [2.24, 2.45) is 11.8 Å². The van der Waals surface area contributed by atoms with E-state index in [0.717, 1.165) is 32.1 Å². The Morgan fingerprint density at radius 3 is 2.80 bits per heavy atom. The van der Waals surface area contributed by atoms with Crippen LogP contribution in [-0.4, -0.2) is 42.4 Å². The molecule has 0 spiro atoms. The van der Waals surface area contributed by atoms with Crippen LogP contribution in [0, 0.1) is 11.8 Å². The van der Waals surface area contributed by atoms with E-state index in [9.17, 15) is 9.59 Å². The maximum atomic E-state index is 11.8. The normalized spacial score (nSPS) is 33.6. The molecule has 0 bridgehead atoms. The van der Waals surface area contributed by atoms with Crippen molar-refractivity contribution in [3.05, 3.63) is 0 Å². The van der Waals surface area contributed by atoms with Crippen LogP contribution in [0.4, 0.5) is 4.79 Å². The summed E-state index contributed by atoms with van der Waals surface area (Å²) in [6.07, 6.45) is 4.38. The lowest BCUT2D eigenvalue weighted by Gasteiger charge is -2.28. The molecule has 6 nitrogen and oxygen atoms in total. The molecule has 0 aromatic heterocycles. The highest BCUT2D eigenvalue weighted by molar-refractivity contribution is 5.74. The van der Waals surface area contributed by atoms with Crippen LogP contribution >= 0.6 is 0 Å². The Labute approximate surface area is 119 Å². The van der Waals surface area contributed by atoms with Crippen LogP contribution in [0.15, 0.2) is 0 Å². The third-order valence-corrected chi connectivity index (χ3v) is 4.32. The molecule has 3 N–H and O–H groups in total. The van der Waals surface area contributed by atoms with Gasteiger partial charge >= 0.3 is 12.0 Å². The van der Waals surface area contributed by atoms with E-state index in [1.165, 1.54) is 0 Å². The minimum Gasteiger partial charge on any atom is -0.481 e. The zero-order valence-corrected chi connectivity index (χ0v) is 11.9. The molecule has 20 heavy (non-hydrogen) atoms. The summed E-state index contributed by atoms with van der Waals surface area (Å²) in [6.45, 7) is 3.12. The SMILES string of the molecule is CC1CC(NC(=O)NCC2CCCC2C(=O)O)CCO1. The van der Waals surface area contributed by atoms with Gasteiger partial charge in [0.1, 0.15) is 0 Å². The summed E-state index contributed by atoms with van der Waals surface area (Å²) < 4.78 is 5.43. The maximum absolute atomic E-state index is 11.8. The van der Waals surface area contributed by atoms with Crippen LogP contribution in [0.1, 0.15) is 39.0 Å². The summed E-state index contributed by atoms with van der Waals surface area (Å²) in [5.74, 6) is -0.988. The van der Waals surface area contributed by atoms with Crippen molar-refractivity contribution in [1.82, 2.24) is 10.6 Å². The number of ether oxygens (including phenoxy) is 1. The molecule has 4 unspecified atom stereocenters. The van der Waals surface area contributed by atoms with E-state index in [2.05, 4.69) is 10.6 Å². The van der Waals surface area contributed by atoms with Crippen molar-refractivity contribution >= 4 is 12.0 Å². The van der Waals surface area contributed by atoms with Gasteiger partial charge in [-0.1, -0.05) is 6.42 Å². The number of hydrogen-bond acceptors (Lipinski definition) is 3. The number of nitrogens with one attached hydrogen (secondary N) is 2. The average molecular weight is 284 g/mol. The predicted octanol–water partition coefficient (Wildman–Crippen LogP) is 1.35. The third kappa shape index (κ3) is 4.10. The van der Waals surface area contributed by atoms with Crippen LogP contribution in [0.3, 0.4) is 0 Å². The number of amides is 2. The summed E-state index contributed by atoms with van der Waals surface area (Å²) in [7, 11) is 0. The fourth-order valence-electron chi connectivity index (χ4n) is 3.20. The van der Waals surface area contributed by atoms with E-state index in [1.54, 1.807) is 0 Å². The van der Waals surface area contributed by atoms with Gasteiger partial charge in [-0.2, -0.15) is 0 Å². The molecule has 1 saturated carbocycles. The zero-order valence-electron chi connectivity index (χ0n) is 11.9. The molecule has 1 aliphatic heterocycles. The van der Waals surface area contributed by atoms with Gasteiger partial charge in [0.2, 0.25) is 0 Å². The largest absolute Gasteiger partial charge is 0.481 e. The van der Waals surface area contributed by atoms with Crippen molar-refractivity contribution in [3.8, 4) is 0 Å². The monoisotopic (exact) mass is 284 g/mol. The lowest BCUT2D eigenvalue weighted by molar-refractivity contribution is -0.142. The molecular formula is C14H24N2O4. The molecule has 0 radical (unpaired) electrons. The first-order valence-corrected chi connectivity index (χ1v) is 7.45. The van der Waals surface area contributed by atoms with E-state index < -0.39 is 5.97 Å². The van der Waals surface area contributed by atoms with Crippen molar-refractivity contribution in [2.75, 3.05) is 13.2 Å². The number of carboxylic acid groups (broad SMARTS) is 1. The van der Waals surface area contributed by atoms with E-state index in [1.807, 2.05) is 6.92 Å². The first-order chi connectivity index (χ1) is 9.56. The second kappa shape index (κ2) is 6.92. The lowest BCUT2D eigenvalue weighted by atomic mass is 9.96. The smallest absolute Gasteiger partial charge is 0.315 e.